The van der Waals surface area contributed by atoms with Crippen molar-refractivity contribution < 1.29 is 22.7 Å². The molecule has 0 radical (unpaired) electrons. The Hall–Kier alpha value is -2.53. The van der Waals surface area contributed by atoms with Crippen LogP contribution in [0.2, 0.25) is 0 Å². The molecular weight excluding hydrogens is 450 g/mol. The second-order valence-corrected chi connectivity index (χ2v) is 10.5. The smallest absolute Gasteiger partial charge is 0.261 e. The number of benzene rings is 2. The van der Waals surface area contributed by atoms with Gasteiger partial charge in [-0.25, -0.2) is 13.4 Å². The number of carbonyl (C=O) groups is 1. The zero-order valence-corrected chi connectivity index (χ0v) is 19.6. The quantitative estimate of drug-likeness (QED) is 0.519. The van der Waals surface area contributed by atoms with Gasteiger partial charge < -0.3 is 9.47 Å². The summed E-state index contributed by atoms with van der Waals surface area (Å²) in [6.45, 7) is 3.92. The van der Waals surface area contributed by atoms with Gasteiger partial charge in [0.2, 0.25) is 0 Å². The van der Waals surface area contributed by atoms with E-state index >= 15 is 0 Å². The van der Waals surface area contributed by atoms with Gasteiger partial charge in [-0.05, 0) is 24.3 Å². The number of aromatic nitrogens is 1. The van der Waals surface area contributed by atoms with E-state index in [4.69, 9.17) is 9.47 Å². The number of methoxy groups -OCH3 is 1. The van der Waals surface area contributed by atoms with Crippen LogP contribution in [0.15, 0.2) is 47.4 Å². The average molecular weight is 476 g/mol. The average Bonchev–Trinajstić information content (AvgIpc) is 3.22. The number of ether oxygens (including phenoxy) is 2. The lowest BCUT2D eigenvalue weighted by Crippen LogP contribution is -2.43. The van der Waals surface area contributed by atoms with Crippen molar-refractivity contribution in [3.63, 3.8) is 0 Å². The molecule has 32 heavy (non-hydrogen) atoms. The van der Waals surface area contributed by atoms with Crippen molar-refractivity contribution in [2.45, 2.75) is 4.90 Å². The third kappa shape index (κ3) is 4.93. The van der Waals surface area contributed by atoms with Gasteiger partial charge in [-0.3, -0.25) is 14.6 Å². The summed E-state index contributed by atoms with van der Waals surface area (Å²) in [5, 5.41) is 0.523. The molecule has 1 fully saturated rings. The lowest BCUT2D eigenvalue weighted by atomic mass is 10.2. The number of rotatable bonds is 7. The van der Waals surface area contributed by atoms with Crippen LogP contribution in [0.3, 0.4) is 0 Å². The van der Waals surface area contributed by atoms with Crippen LogP contribution in [0.25, 0.3) is 10.2 Å². The SMILES string of the molecule is COc1ccc2sc(N(CCN3CCOCC3)C(=O)c3ccccc3S(C)(=O)=O)nc2c1. The van der Waals surface area contributed by atoms with E-state index in [2.05, 4.69) is 9.88 Å². The minimum atomic E-state index is -3.57. The van der Waals surface area contributed by atoms with E-state index in [9.17, 15) is 13.2 Å². The van der Waals surface area contributed by atoms with Crippen LogP contribution in [0, 0.1) is 0 Å². The molecule has 2 aromatic carbocycles. The fraction of sp³-hybridized carbons (Fsp3) is 0.364. The zero-order chi connectivity index (χ0) is 22.7. The van der Waals surface area contributed by atoms with Crippen LogP contribution in [-0.4, -0.2) is 77.0 Å². The molecule has 1 aliphatic heterocycles. The molecule has 8 nitrogen and oxygen atoms in total. The molecule has 0 atom stereocenters. The fourth-order valence-electron chi connectivity index (χ4n) is 3.60. The van der Waals surface area contributed by atoms with Crippen LogP contribution in [0.1, 0.15) is 10.4 Å². The number of hydrogen-bond donors (Lipinski definition) is 0. The molecule has 0 unspecified atom stereocenters. The van der Waals surface area contributed by atoms with Gasteiger partial charge in [-0.2, -0.15) is 0 Å². The van der Waals surface area contributed by atoms with E-state index in [1.54, 1.807) is 30.2 Å². The van der Waals surface area contributed by atoms with Crippen LogP contribution in [-0.2, 0) is 14.6 Å². The predicted octanol–water partition coefficient (Wildman–Crippen LogP) is 2.69. The third-order valence-electron chi connectivity index (χ3n) is 5.32. The van der Waals surface area contributed by atoms with Crippen molar-refractivity contribution in [2.24, 2.45) is 0 Å². The molecule has 0 aliphatic carbocycles. The highest BCUT2D eigenvalue weighted by Gasteiger charge is 2.27. The molecule has 4 rings (SSSR count). The van der Waals surface area contributed by atoms with E-state index in [1.165, 1.54) is 17.4 Å². The number of thiazole rings is 1. The Morgan fingerprint density at radius 1 is 1.22 bits per heavy atom. The van der Waals surface area contributed by atoms with Crippen molar-refractivity contribution in [3.8, 4) is 5.75 Å². The van der Waals surface area contributed by atoms with E-state index in [-0.39, 0.29) is 16.4 Å². The molecule has 1 aliphatic rings. The van der Waals surface area contributed by atoms with Crippen molar-refractivity contribution in [3.05, 3.63) is 48.0 Å². The van der Waals surface area contributed by atoms with Gasteiger partial charge in [-0.15, -0.1) is 0 Å². The second kappa shape index (κ2) is 9.53. The maximum atomic E-state index is 13.6. The van der Waals surface area contributed by atoms with E-state index in [0.717, 1.165) is 29.6 Å². The molecule has 0 N–H and O–H groups in total. The Labute approximate surface area is 191 Å². The highest BCUT2D eigenvalue weighted by Crippen LogP contribution is 2.32. The molecule has 0 spiro atoms. The largest absolute Gasteiger partial charge is 0.497 e. The fourth-order valence-corrected chi connectivity index (χ4v) is 5.45. The van der Waals surface area contributed by atoms with Crippen molar-refractivity contribution in [2.75, 3.05) is 57.7 Å². The summed E-state index contributed by atoms with van der Waals surface area (Å²) in [7, 11) is -1.98. The number of amides is 1. The Morgan fingerprint density at radius 3 is 2.69 bits per heavy atom. The monoisotopic (exact) mass is 475 g/mol. The number of sulfone groups is 1. The Balaban J connectivity index is 1.71. The van der Waals surface area contributed by atoms with Crippen LogP contribution < -0.4 is 9.64 Å². The number of anilines is 1. The molecule has 2 heterocycles. The summed E-state index contributed by atoms with van der Waals surface area (Å²) in [6.07, 6.45) is 1.11. The lowest BCUT2D eigenvalue weighted by molar-refractivity contribution is 0.0391. The molecule has 0 saturated carbocycles. The molecule has 0 bridgehead atoms. The van der Waals surface area contributed by atoms with Crippen LogP contribution >= 0.6 is 11.3 Å². The summed E-state index contributed by atoms with van der Waals surface area (Å²) in [4.78, 5) is 22.1. The van der Waals surface area contributed by atoms with E-state index < -0.39 is 9.84 Å². The minimum absolute atomic E-state index is 0.0177. The number of nitrogens with zero attached hydrogens (tertiary/aromatic N) is 3. The summed E-state index contributed by atoms with van der Waals surface area (Å²) >= 11 is 1.39. The van der Waals surface area contributed by atoms with Crippen molar-refractivity contribution in [1.82, 2.24) is 9.88 Å². The van der Waals surface area contributed by atoms with Gasteiger partial charge in [0, 0.05) is 38.5 Å². The molecule has 10 heteroatoms. The number of carbonyl (C=O) groups excluding carboxylic acids is 1. The molecule has 3 aromatic rings. The molecule has 1 saturated heterocycles. The topological polar surface area (TPSA) is 89.0 Å². The number of morpholine rings is 1. The first-order valence-electron chi connectivity index (χ1n) is 10.2. The van der Waals surface area contributed by atoms with Crippen LogP contribution in [0.5, 0.6) is 5.75 Å². The van der Waals surface area contributed by atoms with Gasteiger partial charge in [0.15, 0.2) is 15.0 Å². The van der Waals surface area contributed by atoms with Crippen LogP contribution in [0.4, 0.5) is 5.13 Å². The minimum Gasteiger partial charge on any atom is -0.497 e. The summed E-state index contributed by atoms with van der Waals surface area (Å²) in [5.41, 5.74) is 0.874. The standard InChI is InChI=1S/C22H25N3O5S2/c1-29-16-7-8-19-18(15-16)23-22(31-19)25(10-9-24-11-13-30-14-12-24)21(26)17-5-3-4-6-20(17)32(2,27)28/h3-8,15H,9-14H2,1-2H3. The first-order valence-corrected chi connectivity index (χ1v) is 12.9. The second-order valence-electron chi connectivity index (χ2n) is 7.51. The Kier molecular flexibility index (Phi) is 6.75. The van der Waals surface area contributed by atoms with Crippen molar-refractivity contribution in [1.29, 1.82) is 0 Å². The maximum absolute atomic E-state index is 13.6. The van der Waals surface area contributed by atoms with Gasteiger partial charge in [-0.1, -0.05) is 23.5 Å². The van der Waals surface area contributed by atoms with Gasteiger partial charge in [0.25, 0.3) is 5.91 Å². The van der Waals surface area contributed by atoms with Gasteiger partial charge >= 0.3 is 0 Å². The van der Waals surface area contributed by atoms with Crippen molar-refractivity contribution >= 4 is 42.4 Å². The van der Waals surface area contributed by atoms with Gasteiger partial charge in [0.1, 0.15) is 5.75 Å². The first kappa shape index (κ1) is 22.7. The summed E-state index contributed by atoms with van der Waals surface area (Å²) in [6, 6.07) is 11.9. The van der Waals surface area contributed by atoms with E-state index in [1.807, 2.05) is 18.2 Å². The Morgan fingerprint density at radius 2 is 1.97 bits per heavy atom. The first-order chi connectivity index (χ1) is 15.4. The maximum Gasteiger partial charge on any atom is 0.261 e. The molecule has 1 amide bonds. The van der Waals surface area contributed by atoms with E-state index in [0.29, 0.717) is 37.2 Å². The summed E-state index contributed by atoms with van der Waals surface area (Å²) in [5.74, 6) is 0.299. The Bertz CT molecular complexity index is 1220. The summed E-state index contributed by atoms with van der Waals surface area (Å²) < 4.78 is 36.2. The number of fused-ring (bicyclic) bond motifs is 1. The highest BCUT2D eigenvalue weighted by molar-refractivity contribution is 7.90. The molecule has 170 valence electrons. The third-order valence-corrected chi connectivity index (χ3v) is 7.53. The van der Waals surface area contributed by atoms with Gasteiger partial charge in [0.05, 0.1) is 41.0 Å². The molecule has 1 aromatic heterocycles. The number of hydrogen-bond acceptors (Lipinski definition) is 8. The molecular formula is C22H25N3O5S2. The predicted molar refractivity (Wildman–Crippen MR) is 125 cm³/mol. The normalized spacial score (nSPS) is 15.1. The highest BCUT2D eigenvalue weighted by atomic mass is 32.2. The lowest BCUT2D eigenvalue weighted by Gasteiger charge is -2.29. The zero-order valence-electron chi connectivity index (χ0n) is 18.0.